The van der Waals surface area contributed by atoms with Gasteiger partial charge in [-0.15, -0.1) is 0 Å². The molecule has 3 saturated heterocycles. The van der Waals surface area contributed by atoms with E-state index in [0.717, 1.165) is 58.1 Å². The van der Waals surface area contributed by atoms with Crippen LogP contribution in [0.1, 0.15) is 122 Å². The molecule has 0 atom stereocenters. The number of amides is 2. The van der Waals surface area contributed by atoms with Crippen molar-refractivity contribution in [3.8, 4) is 0 Å². The predicted molar refractivity (Wildman–Crippen MR) is 217 cm³/mol. The van der Waals surface area contributed by atoms with Crippen LogP contribution in [0.5, 0.6) is 0 Å². The number of likely N-dealkylation sites (N-methyl/N-ethyl adjacent to an activating group) is 2. The summed E-state index contributed by atoms with van der Waals surface area (Å²) in [5, 5.41) is 0. The number of rotatable bonds is 2. The van der Waals surface area contributed by atoms with E-state index in [-0.39, 0.29) is 52.8 Å². The van der Waals surface area contributed by atoms with Crippen LogP contribution in [0.15, 0.2) is 40.9 Å². The van der Waals surface area contributed by atoms with Gasteiger partial charge in [0.1, 0.15) is 0 Å². The lowest BCUT2D eigenvalue weighted by atomic mass is 9.49. The van der Waals surface area contributed by atoms with E-state index in [0.29, 0.717) is 0 Å². The van der Waals surface area contributed by atoms with E-state index in [2.05, 4.69) is 15.9 Å². The third-order valence-corrected chi connectivity index (χ3v) is 12.6. The Labute approximate surface area is 327 Å². The number of halogens is 1. The smallest absolute Gasteiger partial charge is 0.405 e. The highest BCUT2D eigenvalue weighted by atomic mass is 79.9. The van der Waals surface area contributed by atoms with Gasteiger partial charge in [-0.1, -0.05) is 41.6 Å². The standard InChI is InChI=1S/C16H22BNO3.C12H24B2O4.C10H10BrNO.CH4/c1-15(2)16(3,4)21-17(20-15)12-7-6-11-8-9-18(5)14(19)13(11)10-12;1-9(2)10(3,4)16-13(15-9)14-17-11(5,6)12(7,8)18-14;1-12-5-4-7-2-3-8(11)6-9(7)10(12)13;/h6-7,10H,8-9H2,1-5H3;1-8H3;2-3,6H,4-5H2,1H3;1H4. The first-order valence-electron chi connectivity index (χ1n) is 18.3. The normalized spacial score (nSPS) is 24.0. The molecule has 2 aromatic rings. The zero-order valence-electron chi connectivity index (χ0n) is 33.6. The van der Waals surface area contributed by atoms with Crippen LogP contribution < -0.4 is 5.46 Å². The minimum absolute atomic E-state index is 0. The maximum atomic E-state index is 12.3. The molecule has 7 rings (SSSR count). The number of carbonyl (C=O) groups is 2. The second-order valence-electron chi connectivity index (χ2n) is 17.5. The first kappa shape index (κ1) is 43.5. The minimum Gasteiger partial charge on any atom is -0.405 e. The van der Waals surface area contributed by atoms with Crippen LogP contribution in [0.25, 0.3) is 0 Å². The van der Waals surface area contributed by atoms with Gasteiger partial charge in [0.05, 0.1) is 33.6 Å². The molecule has 5 aliphatic rings. The van der Waals surface area contributed by atoms with Crippen molar-refractivity contribution in [3.05, 3.63) is 63.1 Å². The molecule has 0 aromatic heterocycles. The molecule has 2 amide bonds. The molecule has 3 fully saturated rings. The van der Waals surface area contributed by atoms with Crippen LogP contribution in [-0.4, -0.2) is 104 Å². The second-order valence-corrected chi connectivity index (χ2v) is 18.4. The molecule has 0 bridgehead atoms. The molecule has 0 saturated carbocycles. The molecule has 0 radical (unpaired) electrons. The average Bonchev–Trinajstić information content (AvgIpc) is 3.50. The van der Waals surface area contributed by atoms with Crippen LogP contribution in [0, 0.1) is 0 Å². The van der Waals surface area contributed by atoms with E-state index in [1.54, 1.807) is 9.80 Å². The van der Waals surface area contributed by atoms with E-state index in [1.807, 2.05) is 134 Å². The van der Waals surface area contributed by atoms with E-state index < -0.39 is 21.1 Å². The monoisotopic (exact) mass is 796 g/mol. The van der Waals surface area contributed by atoms with Gasteiger partial charge >= 0.3 is 21.1 Å². The van der Waals surface area contributed by atoms with Gasteiger partial charge < -0.3 is 37.7 Å². The Morgan fingerprint density at radius 3 is 1.28 bits per heavy atom. The quantitative estimate of drug-likeness (QED) is 0.315. The van der Waals surface area contributed by atoms with Gasteiger partial charge in [0.2, 0.25) is 0 Å². The summed E-state index contributed by atoms with van der Waals surface area (Å²) < 4.78 is 36.9. The lowest BCUT2D eigenvalue weighted by Gasteiger charge is -2.32. The third kappa shape index (κ3) is 8.64. The number of nitrogens with zero attached hydrogens (tertiary/aromatic N) is 2. The van der Waals surface area contributed by atoms with Gasteiger partial charge in [0.25, 0.3) is 11.8 Å². The van der Waals surface area contributed by atoms with Gasteiger partial charge in [0, 0.05) is 42.8 Å². The summed E-state index contributed by atoms with van der Waals surface area (Å²) in [7, 11) is 2.31. The van der Waals surface area contributed by atoms with E-state index in [4.69, 9.17) is 27.9 Å². The van der Waals surface area contributed by atoms with Crippen LogP contribution >= 0.6 is 15.9 Å². The summed E-state index contributed by atoms with van der Waals surface area (Å²) in [6.07, 6.45) is 1.87. The van der Waals surface area contributed by atoms with Crippen LogP contribution in [0.3, 0.4) is 0 Å². The Bertz CT molecular complexity index is 1620. The molecule has 10 nitrogen and oxygen atoms in total. The molecule has 14 heteroatoms. The Morgan fingerprint density at radius 1 is 0.547 bits per heavy atom. The molecular formula is C39H60B3BrN2O8. The summed E-state index contributed by atoms with van der Waals surface area (Å²) in [5.41, 5.74) is 2.62. The maximum Gasteiger partial charge on any atom is 0.494 e. The SMILES string of the molecule is C.CC1(C)OB(B2OC(C)(C)C(C)(C)O2)OC1(C)C.CN1CCc2ccc(B3OC(C)(C)C(C)(C)O3)cc2C1=O.CN1CCc2ccc(Br)cc2C1=O. The van der Waals surface area contributed by atoms with Crippen molar-refractivity contribution >= 4 is 54.3 Å². The highest BCUT2D eigenvalue weighted by molar-refractivity contribution is 9.10. The molecule has 0 aliphatic carbocycles. The lowest BCUT2D eigenvalue weighted by molar-refractivity contribution is 0.00578. The Hall–Kier alpha value is -2.19. The van der Waals surface area contributed by atoms with Gasteiger partial charge in [-0.2, -0.15) is 0 Å². The number of hydrogen-bond acceptors (Lipinski definition) is 8. The average molecular weight is 797 g/mol. The van der Waals surface area contributed by atoms with E-state index in [1.165, 1.54) is 0 Å². The summed E-state index contributed by atoms with van der Waals surface area (Å²) >= 11 is 3.37. The fourth-order valence-corrected chi connectivity index (χ4v) is 6.65. The summed E-state index contributed by atoms with van der Waals surface area (Å²) in [6.45, 7) is 25.9. The van der Waals surface area contributed by atoms with Gasteiger partial charge in [-0.05, 0) is 131 Å². The molecule has 290 valence electrons. The number of carbonyl (C=O) groups excluding carboxylic acids is 2. The largest absolute Gasteiger partial charge is 0.494 e. The Morgan fingerprint density at radius 2 is 0.887 bits per heavy atom. The van der Waals surface area contributed by atoms with Crippen molar-refractivity contribution in [2.45, 2.75) is 137 Å². The lowest BCUT2D eigenvalue weighted by Crippen LogP contribution is -2.41. The van der Waals surface area contributed by atoms with Crippen LogP contribution in [0.2, 0.25) is 0 Å². The molecule has 0 unspecified atom stereocenters. The molecular weight excluding hydrogens is 737 g/mol. The van der Waals surface area contributed by atoms with Crippen molar-refractivity contribution in [2.75, 3.05) is 27.2 Å². The Kier molecular flexibility index (Phi) is 12.4. The number of benzene rings is 2. The molecule has 0 N–H and O–H groups in total. The van der Waals surface area contributed by atoms with E-state index in [9.17, 15) is 9.59 Å². The predicted octanol–water partition coefficient (Wildman–Crippen LogP) is 6.58. The fourth-order valence-electron chi connectivity index (χ4n) is 6.29. The first-order chi connectivity index (χ1) is 23.8. The molecule has 2 aromatic carbocycles. The zero-order valence-corrected chi connectivity index (χ0v) is 35.1. The van der Waals surface area contributed by atoms with Crippen molar-refractivity contribution < 1.29 is 37.5 Å². The van der Waals surface area contributed by atoms with Crippen molar-refractivity contribution in [1.29, 1.82) is 0 Å². The maximum absolute atomic E-state index is 12.3. The van der Waals surface area contributed by atoms with Crippen LogP contribution in [0.4, 0.5) is 0 Å². The zero-order chi connectivity index (χ0) is 38.8. The topological polar surface area (TPSA) is 96.0 Å². The van der Waals surface area contributed by atoms with E-state index >= 15 is 0 Å². The molecule has 5 heterocycles. The van der Waals surface area contributed by atoms with Crippen LogP contribution in [-0.2, 0) is 40.8 Å². The Balaban J connectivity index is 0.000000180. The van der Waals surface area contributed by atoms with Gasteiger partial charge in [0.15, 0.2) is 0 Å². The molecule has 5 aliphatic heterocycles. The van der Waals surface area contributed by atoms with Gasteiger partial charge in [-0.3, -0.25) is 9.59 Å². The van der Waals surface area contributed by atoms with Gasteiger partial charge in [-0.25, -0.2) is 0 Å². The number of fused-ring (bicyclic) bond motifs is 2. The molecule has 0 spiro atoms. The first-order valence-corrected chi connectivity index (χ1v) is 19.1. The molecule has 53 heavy (non-hydrogen) atoms. The van der Waals surface area contributed by atoms with Crippen molar-refractivity contribution in [1.82, 2.24) is 9.80 Å². The van der Waals surface area contributed by atoms with Crippen molar-refractivity contribution in [3.63, 3.8) is 0 Å². The third-order valence-electron chi connectivity index (χ3n) is 12.1. The summed E-state index contributed by atoms with van der Waals surface area (Å²) in [5.74, 6) is 0.206. The highest BCUT2D eigenvalue weighted by Crippen LogP contribution is 2.43. The van der Waals surface area contributed by atoms with Crippen molar-refractivity contribution in [2.24, 2.45) is 0 Å². The number of hydrogen-bond donors (Lipinski definition) is 0. The summed E-state index contributed by atoms with van der Waals surface area (Å²) in [6, 6.07) is 11.9. The fraction of sp³-hybridized carbons (Fsp3) is 0.641. The summed E-state index contributed by atoms with van der Waals surface area (Å²) in [4.78, 5) is 27.5. The minimum atomic E-state index is -0.476. The second kappa shape index (κ2) is 15.0. The highest BCUT2D eigenvalue weighted by Gasteiger charge is 2.63.